The van der Waals surface area contributed by atoms with Crippen molar-refractivity contribution < 1.29 is 14.3 Å². The van der Waals surface area contributed by atoms with E-state index in [9.17, 15) is 14.7 Å². The van der Waals surface area contributed by atoms with Gasteiger partial charge in [-0.25, -0.2) is 4.79 Å². The second-order valence-electron chi connectivity index (χ2n) is 7.94. The van der Waals surface area contributed by atoms with Crippen LogP contribution in [0.2, 0.25) is 18.1 Å². The molecule has 1 saturated heterocycles. The first-order valence-electron chi connectivity index (χ1n) is 8.22. The van der Waals surface area contributed by atoms with Crippen molar-refractivity contribution in [3.8, 4) is 0 Å². The third kappa shape index (κ3) is 3.71. The van der Waals surface area contributed by atoms with Gasteiger partial charge < -0.3 is 14.3 Å². The van der Waals surface area contributed by atoms with Crippen LogP contribution in [0.15, 0.2) is 15.8 Å². The zero-order chi connectivity index (χ0) is 18.3. The molecule has 2 rings (SSSR count). The minimum absolute atomic E-state index is 0.0382. The number of hydrogen-bond donors (Lipinski definition) is 2. The van der Waals surface area contributed by atoms with Crippen LogP contribution in [0.1, 0.15) is 39.0 Å². The number of nitrogens with one attached hydrogen (secondary N) is 1. The average Bonchev–Trinajstić information content (AvgIpc) is 2.83. The van der Waals surface area contributed by atoms with E-state index in [1.807, 2.05) is 0 Å². The van der Waals surface area contributed by atoms with Gasteiger partial charge in [0, 0.05) is 18.2 Å². The second kappa shape index (κ2) is 6.59. The van der Waals surface area contributed by atoms with E-state index in [0.29, 0.717) is 12.0 Å². The van der Waals surface area contributed by atoms with Gasteiger partial charge in [0.15, 0.2) is 8.32 Å². The Morgan fingerprint density at radius 1 is 1.42 bits per heavy atom. The van der Waals surface area contributed by atoms with Crippen LogP contribution >= 0.6 is 0 Å². The summed E-state index contributed by atoms with van der Waals surface area (Å²) < 4.78 is 13.6. The summed E-state index contributed by atoms with van der Waals surface area (Å²) in [5.74, 6) is 0. The standard InChI is InChI=1S/C16H28N2O5Si/c1-10-8-18(15(21)17-14(10)20)13-7-11(12(9-19)22-13)23-24(5,6)16(2,3)4/h8,11-13,19H,7,9H2,1-6H3,(H,17,20,21)/t11-,12-,13-/m1/s1. The van der Waals surface area contributed by atoms with Crippen molar-refractivity contribution in [1.29, 1.82) is 0 Å². The minimum atomic E-state index is -2.03. The molecule has 2 heterocycles. The van der Waals surface area contributed by atoms with Crippen LogP contribution in [0.5, 0.6) is 0 Å². The monoisotopic (exact) mass is 356 g/mol. The Balaban J connectivity index is 2.25. The van der Waals surface area contributed by atoms with Crippen LogP contribution in [-0.4, -0.2) is 41.8 Å². The number of rotatable bonds is 4. The highest BCUT2D eigenvalue weighted by Crippen LogP contribution is 2.40. The molecular formula is C16H28N2O5Si. The van der Waals surface area contributed by atoms with Gasteiger partial charge in [0.1, 0.15) is 12.3 Å². The van der Waals surface area contributed by atoms with Crippen LogP contribution in [0, 0.1) is 6.92 Å². The number of aliphatic hydroxyl groups is 1. The number of aromatic amines is 1. The molecule has 0 aliphatic carbocycles. The lowest BCUT2D eigenvalue weighted by atomic mass is 10.2. The van der Waals surface area contributed by atoms with E-state index in [2.05, 4.69) is 38.8 Å². The lowest BCUT2D eigenvalue weighted by Crippen LogP contribution is -2.46. The molecule has 1 aromatic rings. The van der Waals surface area contributed by atoms with Crippen molar-refractivity contribution in [3.05, 3.63) is 32.6 Å². The predicted octanol–water partition coefficient (Wildman–Crippen LogP) is 1.52. The molecule has 0 amide bonds. The lowest BCUT2D eigenvalue weighted by Gasteiger charge is -2.39. The SMILES string of the molecule is Cc1cn([C@H]2C[C@@H](O[Si](C)(C)C(C)(C)C)[C@@H](CO)O2)c(=O)[nH]c1=O. The van der Waals surface area contributed by atoms with Gasteiger partial charge in [0.25, 0.3) is 5.56 Å². The number of hydrogen-bond acceptors (Lipinski definition) is 5. The minimum Gasteiger partial charge on any atom is -0.411 e. The van der Waals surface area contributed by atoms with Crippen molar-refractivity contribution in [2.24, 2.45) is 0 Å². The number of ether oxygens (including phenoxy) is 1. The normalized spacial score (nSPS) is 25.2. The van der Waals surface area contributed by atoms with Gasteiger partial charge >= 0.3 is 5.69 Å². The summed E-state index contributed by atoms with van der Waals surface area (Å²) in [4.78, 5) is 25.9. The number of nitrogens with zero attached hydrogens (tertiary/aromatic N) is 1. The molecule has 1 aromatic heterocycles. The van der Waals surface area contributed by atoms with Crippen molar-refractivity contribution in [2.75, 3.05) is 6.61 Å². The summed E-state index contributed by atoms with van der Waals surface area (Å²) in [6, 6.07) is 0. The van der Waals surface area contributed by atoms with Gasteiger partial charge in [-0.3, -0.25) is 14.3 Å². The van der Waals surface area contributed by atoms with Crippen molar-refractivity contribution in [2.45, 2.75) is 70.7 Å². The molecular weight excluding hydrogens is 328 g/mol. The van der Waals surface area contributed by atoms with E-state index < -0.39 is 31.9 Å². The fourth-order valence-electron chi connectivity index (χ4n) is 2.51. The van der Waals surface area contributed by atoms with Crippen LogP contribution in [0.25, 0.3) is 0 Å². The number of aryl methyl sites for hydroxylation is 1. The van der Waals surface area contributed by atoms with Gasteiger partial charge in [-0.2, -0.15) is 0 Å². The third-order valence-electron chi connectivity index (χ3n) is 5.07. The first kappa shape index (κ1) is 19.1. The fourth-order valence-corrected chi connectivity index (χ4v) is 3.87. The smallest absolute Gasteiger partial charge is 0.330 e. The first-order chi connectivity index (χ1) is 11.0. The molecule has 1 aliphatic rings. The molecule has 0 radical (unpaired) electrons. The summed E-state index contributed by atoms with van der Waals surface area (Å²) in [6.07, 6.45) is 0.640. The summed E-state index contributed by atoms with van der Waals surface area (Å²) in [7, 11) is -2.03. The molecule has 0 unspecified atom stereocenters. The molecule has 1 aliphatic heterocycles. The van der Waals surface area contributed by atoms with Gasteiger partial charge in [-0.1, -0.05) is 20.8 Å². The molecule has 0 saturated carbocycles. The van der Waals surface area contributed by atoms with Crippen LogP contribution in [0.4, 0.5) is 0 Å². The predicted molar refractivity (Wildman–Crippen MR) is 93.7 cm³/mol. The Hall–Kier alpha value is -1.22. The average molecular weight is 356 g/mol. The highest BCUT2D eigenvalue weighted by atomic mass is 28.4. The van der Waals surface area contributed by atoms with Crippen molar-refractivity contribution in [1.82, 2.24) is 9.55 Å². The third-order valence-corrected chi connectivity index (χ3v) is 9.57. The summed E-state index contributed by atoms with van der Waals surface area (Å²) in [6.45, 7) is 12.2. The van der Waals surface area contributed by atoms with E-state index in [1.54, 1.807) is 6.92 Å². The topological polar surface area (TPSA) is 93.6 Å². The number of H-pyrrole nitrogens is 1. The molecule has 24 heavy (non-hydrogen) atoms. The number of aromatic nitrogens is 2. The largest absolute Gasteiger partial charge is 0.411 e. The van der Waals surface area contributed by atoms with Gasteiger partial charge in [0.2, 0.25) is 0 Å². The molecule has 0 bridgehead atoms. The fraction of sp³-hybridized carbons (Fsp3) is 0.750. The maximum absolute atomic E-state index is 12.1. The van der Waals surface area contributed by atoms with Crippen molar-refractivity contribution in [3.63, 3.8) is 0 Å². The van der Waals surface area contributed by atoms with Crippen LogP contribution in [0.3, 0.4) is 0 Å². The Kier molecular flexibility index (Phi) is 5.24. The van der Waals surface area contributed by atoms with Gasteiger partial charge in [-0.15, -0.1) is 0 Å². The van der Waals surface area contributed by atoms with E-state index >= 15 is 0 Å². The summed E-state index contributed by atoms with van der Waals surface area (Å²) >= 11 is 0. The highest BCUT2D eigenvalue weighted by Gasteiger charge is 2.45. The van der Waals surface area contributed by atoms with Gasteiger partial charge in [-0.05, 0) is 25.1 Å². The summed E-state index contributed by atoms with van der Waals surface area (Å²) in [5.41, 5.74) is -0.477. The van der Waals surface area contributed by atoms with Crippen LogP contribution < -0.4 is 11.2 Å². The van der Waals surface area contributed by atoms with E-state index in [-0.39, 0.29) is 17.7 Å². The second-order valence-corrected chi connectivity index (χ2v) is 12.7. The van der Waals surface area contributed by atoms with Crippen molar-refractivity contribution >= 4 is 8.32 Å². The molecule has 7 nitrogen and oxygen atoms in total. The molecule has 0 spiro atoms. The number of aliphatic hydroxyl groups excluding tert-OH is 1. The van der Waals surface area contributed by atoms with E-state index in [4.69, 9.17) is 9.16 Å². The Labute approximate surface area is 142 Å². The maximum Gasteiger partial charge on any atom is 0.330 e. The zero-order valence-electron chi connectivity index (χ0n) is 15.3. The Morgan fingerprint density at radius 3 is 2.58 bits per heavy atom. The molecule has 0 aromatic carbocycles. The van der Waals surface area contributed by atoms with E-state index in [1.165, 1.54) is 10.8 Å². The quantitative estimate of drug-likeness (QED) is 0.798. The van der Waals surface area contributed by atoms with E-state index in [0.717, 1.165) is 0 Å². The highest BCUT2D eigenvalue weighted by molar-refractivity contribution is 6.74. The molecule has 1 fully saturated rings. The molecule has 8 heteroatoms. The first-order valence-corrected chi connectivity index (χ1v) is 11.1. The lowest BCUT2D eigenvalue weighted by molar-refractivity contribution is -0.0439. The Bertz CT molecular complexity index is 704. The molecule has 2 N–H and O–H groups in total. The summed E-state index contributed by atoms with van der Waals surface area (Å²) in [5, 5.41) is 9.67. The Morgan fingerprint density at radius 2 is 2.04 bits per heavy atom. The van der Waals surface area contributed by atoms with Crippen LogP contribution in [-0.2, 0) is 9.16 Å². The van der Waals surface area contributed by atoms with Gasteiger partial charge in [0.05, 0.1) is 12.7 Å². The molecule has 3 atom stereocenters. The molecule has 136 valence electrons. The maximum atomic E-state index is 12.1. The zero-order valence-corrected chi connectivity index (χ0v) is 16.3.